The molecule has 0 spiro atoms. The highest BCUT2D eigenvalue weighted by Crippen LogP contribution is 2.19. The van der Waals surface area contributed by atoms with Crippen LogP contribution in [-0.4, -0.2) is 27.3 Å². The summed E-state index contributed by atoms with van der Waals surface area (Å²) in [5.41, 5.74) is 0. The Hall–Kier alpha value is 0.230. The number of amides is 1. The number of rotatable bonds is 3. The Kier molecular flexibility index (Phi) is 4.70. The van der Waals surface area contributed by atoms with Gasteiger partial charge in [0.2, 0.25) is 5.28 Å². The van der Waals surface area contributed by atoms with Crippen LogP contribution < -0.4 is 5.32 Å². The summed E-state index contributed by atoms with van der Waals surface area (Å²) in [5.74, 6) is 0. The van der Waals surface area contributed by atoms with Crippen LogP contribution in [0.5, 0.6) is 0 Å². The monoisotopic (exact) mass is 441 g/mol. The van der Waals surface area contributed by atoms with E-state index in [1.165, 1.54) is 0 Å². The lowest BCUT2D eigenvalue weighted by Gasteiger charge is -2.04. The highest BCUT2D eigenvalue weighted by molar-refractivity contribution is 14.1. The molecule has 1 rings (SSSR count). The maximum Gasteiger partial charge on any atom is 0.404 e. The van der Waals surface area contributed by atoms with Crippen LogP contribution in [0.1, 0.15) is 0 Å². The fourth-order valence-electron chi connectivity index (χ4n) is 0.845. The van der Waals surface area contributed by atoms with Crippen molar-refractivity contribution in [3.8, 4) is 0 Å². The number of carbonyl (C=O) groups is 1. The first-order valence-corrected chi connectivity index (χ1v) is 6.09. The number of nitrogens with one attached hydrogen (secondary N) is 1. The molecular formula is C6H6ClI2N3O2. The average molecular weight is 441 g/mol. The lowest BCUT2D eigenvalue weighted by atomic mass is 10.6. The number of hydrogen-bond acceptors (Lipinski definition) is 2. The molecule has 0 aliphatic carbocycles. The van der Waals surface area contributed by atoms with Crippen molar-refractivity contribution >= 4 is 62.9 Å². The molecule has 0 radical (unpaired) electrons. The van der Waals surface area contributed by atoms with E-state index in [9.17, 15) is 4.79 Å². The maximum absolute atomic E-state index is 10.2. The Bertz CT molecular complexity index is 355. The van der Waals surface area contributed by atoms with Gasteiger partial charge < -0.3 is 15.0 Å². The lowest BCUT2D eigenvalue weighted by molar-refractivity contribution is 0.194. The molecule has 0 aliphatic heterocycles. The highest BCUT2D eigenvalue weighted by Gasteiger charge is 2.10. The molecule has 0 atom stereocenters. The fourth-order valence-corrected chi connectivity index (χ4v) is 2.49. The second kappa shape index (κ2) is 5.35. The van der Waals surface area contributed by atoms with Crippen molar-refractivity contribution in [2.24, 2.45) is 0 Å². The van der Waals surface area contributed by atoms with Gasteiger partial charge in [0.05, 0.1) is 0 Å². The number of aromatic nitrogens is 2. The van der Waals surface area contributed by atoms with Crippen LogP contribution in [0, 0.1) is 7.40 Å². The summed E-state index contributed by atoms with van der Waals surface area (Å²) < 4.78 is 3.49. The molecule has 0 unspecified atom stereocenters. The lowest BCUT2D eigenvalue weighted by Crippen LogP contribution is -2.25. The van der Waals surface area contributed by atoms with E-state index in [-0.39, 0.29) is 0 Å². The van der Waals surface area contributed by atoms with E-state index in [2.05, 4.69) is 55.5 Å². The van der Waals surface area contributed by atoms with E-state index in [1.54, 1.807) is 4.57 Å². The summed E-state index contributed by atoms with van der Waals surface area (Å²) in [4.78, 5) is 14.2. The maximum atomic E-state index is 10.2. The SMILES string of the molecule is O=C(O)NCCn1c(Cl)nc(I)c1I. The first kappa shape index (κ1) is 12.3. The molecule has 0 bridgehead atoms. The predicted octanol–water partition coefficient (Wildman–Crippen LogP) is 2.01. The molecule has 0 aliphatic rings. The third kappa shape index (κ3) is 3.12. The third-order valence-electron chi connectivity index (χ3n) is 1.43. The predicted molar refractivity (Wildman–Crippen MR) is 68.7 cm³/mol. The number of hydrogen-bond donors (Lipinski definition) is 2. The van der Waals surface area contributed by atoms with Gasteiger partial charge in [0, 0.05) is 13.1 Å². The summed E-state index contributed by atoms with van der Waals surface area (Å²) in [5, 5.41) is 11.0. The van der Waals surface area contributed by atoms with E-state index in [1.807, 2.05) is 0 Å². The molecule has 1 heterocycles. The van der Waals surface area contributed by atoms with E-state index in [0.29, 0.717) is 18.4 Å². The van der Waals surface area contributed by atoms with Crippen LogP contribution in [0.15, 0.2) is 0 Å². The molecule has 0 saturated carbocycles. The molecule has 14 heavy (non-hydrogen) atoms. The average Bonchev–Trinajstić information content (AvgIpc) is 2.31. The van der Waals surface area contributed by atoms with Crippen LogP contribution in [0.2, 0.25) is 5.28 Å². The van der Waals surface area contributed by atoms with E-state index in [0.717, 1.165) is 7.40 Å². The van der Waals surface area contributed by atoms with Gasteiger partial charge in [0.1, 0.15) is 7.40 Å². The molecule has 78 valence electrons. The topological polar surface area (TPSA) is 67.2 Å². The van der Waals surface area contributed by atoms with Gasteiger partial charge in [-0.1, -0.05) is 0 Å². The Morgan fingerprint density at radius 3 is 2.71 bits per heavy atom. The van der Waals surface area contributed by atoms with Gasteiger partial charge in [-0.3, -0.25) is 0 Å². The van der Waals surface area contributed by atoms with Crippen molar-refractivity contribution in [1.82, 2.24) is 14.9 Å². The van der Waals surface area contributed by atoms with Crippen molar-refractivity contribution in [1.29, 1.82) is 0 Å². The van der Waals surface area contributed by atoms with Gasteiger partial charge in [0.25, 0.3) is 0 Å². The standard InChI is InChI=1S/C6H6ClI2N3O2/c7-5-11-3(8)4(9)12(5)2-1-10-6(13)14/h10H,1-2H2,(H,13,14). The summed E-state index contributed by atoms with van der Waals surface area (Å²) in [6, 6.07) is 0. The van der Waals surface area contributed by atoms with Gasteiger partial charge in [-0.2, -0.15) is 0 Å². The minimum atomic E-state index is -1.04. The van der Waals surface area contributed by atoms with Crippen molar-refractivity contribution < 1.29 is 9.90 Å². The Morgan fingerprint density at radius 1 is 1.64 bits per heavy atom. The van der Waals surface area contributed by atoms with Crippen LogP contribution >= 0.6 is 56.8 Å². The molecule has 8 heteroatoms. The molecule has 0 fully saturated rings. The number of nitrogens with zero attached hydrogens (tertiary/aromatic N) is 2. The van der Waals surface area contributed by atoms with Crippen LogP contribution in [0.3, 0.4) is 0 Å². The smallest absolute Gasteiger partial charge is 0.404 e. The normalized spacial score (nSPS) is 10.2. The molecule has 5 nitrogen and oxygen atoms in total. The van der Waals surface area contributed by atoms with Crippen molar-refractivity contribution in [3.05, 3.63) is 12.7 Å². The van der Waals surface area contributed by atoms with E-state index in [4.69, 9.17) is 16.7 Å². The molecular weight excluding hydrogens is 435 g/mol. The zero-order valence-electron chi connectivity index (χ0n) is 6.80. The molecule has 0 saturated heterocycles. The van der Waals surface area contributed by atoms with Gasteiger partial charge in [0.15, 0.2) is 0 Å². The summed E-state index contributed by atoms with van der Waals surface area (Å²) in [7, 11) is 0. The molecule has 1 amide bonds. The van der Waals surface area contributed by atoms with Crippen molar-refractivity contribution in [3.63, 3.8) is 0 Å². The minimum absolute atomic E-state index is 0.317. The molecule has 2 N–H and O–H groups in total. The van der Waals surface area contributed by atoms with E-state index < -0.39 is 6.09 Å². The zero-order chi connectivity index (χ0) is 10.7. The molecule has 0 aromatic carbocycles. The zero-order valence-corrected chi connectivity index (χ0v) is 11.9. The minimum Gasteiger partial charge on any atom is -0.465 e. The van der Waals surface area contributed by atoms with Crippen LogP contribution in [-0.2, 0) is 6.54 Å². The second-order valence-electron chi connectivity index (χ2n) is 2.35. The fraction of sp³-hybridized carbons (Fsp3) is 0.333. The van der Waals surface area contributed by atoms with Gasteiger partial charge in [-0.25, -0.2) is 9.78 Å². The molecule has 1 aromatic heterocycles. The molecule has 1 aromatic rings. The summed E-state index contributed by atoms with van der Waals surface area (Å²) in [6.45, 7) is 0.802. The van der Waals surface area contributed by atoms with Crippen LogP contribution in [0.25, 0.3) is 0 Å². The van der Waals surface area contributed by atoms with Crippen LogP contribution in [0.4, 0.5) is 4.79 Å². The Morgan fingerprint density at radius 2 is 2.29 bits per heavy atom. The highest BCUT2D eigenvalue weighted by atomic mass is 127. The second-order valence-corrected chi connectivity index (χ2v) is 4.73. The van der Waals surface area contributed by atoms with Crippen molar-refractivity contribution in [2.75, 3.05) is 6.54 Å². The number of halogens is 3. The van der Waals surface area contributed by atoms with Gasteiger partial charge in [-0.15, -0.1) is 0 Å². The van der Waals surface area contributed by atoms with Crippen molar-refractivity contribution in [2.45, 2.75) is 6.54 Å². The van der Waals surface area contributed by atoms with Gasteiger partial charge >= 0.3 is 6.09 Å². The van der Waals surface area contributed by atoms with Gasteiger partial charge in [-0.05, 0) is 56.8 Å². The third-order valence-corrected chi connectivity index (χ3v) is 4.60. The largest absolute Gasteiger partial charge is 0.465 e. The summed E-state index contributed by atoms with van der Waals surface area (Å²) in [6.07, 6.45) is -1.04. The first-order chi connectivity index (χ1) is 6.52. The Labute approximate surface area is 112 Å². The summed E-state index contributed by atoms with van der Waals surface area (Å²) >= 11 is 10.0. The Balaban J connectivity index is 2.62. The first-order valence-electron chi connectivity index (χ1n) is 3.56. The number of carboxylic acid groups (broad SMARTS) is 1. The quantitative estimate of drug-likeness (QED) is 0.706. The number of imidazole rings is 1. The van der Waals surface area contributed by atoms with E-state index >= 15 is 0 Å².